The first-order valence-electron chi connectivity index (χ1n) is 7.88. The Morgan fingerprint density at radius 2 is 1.76 bits per heavy atom. The SMILES string of the molecule is COc1cccc(C(=O)NC[C@H](N[C@@H](CC(C)C)C(=O)O)C(=O)O)c1. The molecule has 0 spiro atoms. The quantitative estimate of drug-likeness (QED) is 0.494. The Bertz CT molecular complexity index is 617. The van der Waals surface area contributed by atoms with E-state index in [1.54, 1.807) is 18.2 Å². The minimum atomic E-state index is -1.24. The third-order valence-corrected chi connectivity index (χ3v) is 3.50. The summed E-state index contributed by atoms with van der Waals surface area (Å²) in [6, 6.07) is 4.20. The number of carboxylic acids is 2. The Balaban J connectivity index is 2.72. The summed E-state index contributed by atoms with van der Waals surface area (Å²) < 4.78 is 5.03. The summed E-state index contributed by atoms with van der Waals surface area (Å²) in [5, 5.41) is 23.6. The Morgan fingerprint density at radius 1 is 1.12 bits per heavy atom. The molecule has 4 N–H and O–H groups in total. The van der Waals surface area contributed by atoms with Crippen molar-refractivity contribution in [2.45, 2.75) is 32.4 Å². The van der Waals surface area contributed by atoms with Crippen molar-refractivity contribution in [3.8, 4) is 5.75 Å². The molecule has 0 heterocycles. The molecule has 138 valence electrons. The highest BCUT2D eigenvalue weighted by molar-refractivity contribution is 5.94. The summed E-state index contributed by atoms with van der Waals surface area (Å²) >= 11 is 0. The third-order valence-electron chi connectivity index (χ3n) is 3.50. The van der Waals surface area contributed by atoms with Crippen molar-refractivity contribution in [2.75, 3.05) is 13.7 Å². The van der Waals surface area contributed by atoms with Gasteiger partial charge in [-0.25, -0.2) is 0 Å². The molecule has 0 aliphatic heterocycles. The molecule has 0 aliphatic carbocycles. The number of aliphatic carboxylic acids is 2. The molecule has 0 bridgehead atoms. The lowest BCUT2D eigenvalue weighted by Crippen LogP contribution is -2.52. The van der Waals surface area contributed by atoms with Gasteiger partial charge in [0.05, 0.1) is 7.11 Å². The molecular formula is C17H24N2O6. The lowest BCUT2D eigenvalue weighted by molar-refractivity contribution is -0.142. The van der Waals surface area contributed by atoms with Crippen LogP contribution in [0.4, 0.5) is 0 Å². The first-order valence-corrected chi connectivity index (χ1v) is 7.88. The number of amides is 1. The Labute approximate surface area is 146 Å². The Kier molecular flexibility index (Phi) is 7.87. The van der Waals surface area contributed by atoms with Gasteiger partial charge in [0, 0.05) is 12.1 Å². The zero-order chi connectivity index (χ0) is 19.0. The molecule has 25 heavy (non-hydrogen) atoms. The van der Waals surface area contributed by atoms with Gasteiger partial charge in [-0.2, -0.15) is 0 Å². The van der Waals surface area contributed by atoms with E-state index in [-0.39, 0.29) is 18.9 Å². The molecule has 8 heteroatoms. The predicted molar refractivity (Wildman–Crippen MR) is 90.8 cm³/mol. The number of hydrogen-bond donors (Lipinski definition) is 4. The molecule has 0 aliphatic rings. The van der Waals surface area contributed by atoms with Crippen molar-refractivity contribution >= 4 is 17.8 Å². The van der Waals surface area contributed by atoms with E-state index >= 15 is 0 Å². The van der Waals surface area contributed by atoms with E-state index in [1.165, 1.54) is 13.2 Å². The second-order valence-electron chi connectivity index (χ2n) is 6.02. The molecule has 1 aromatic carbocycles. The van der Waals surface area contributed by atoms with Crippen molar-refractivity contribution in [1.82, 2.24) is 10.6 Å². The van der Waals surface area contributed by atoms with Gasteiger partial charge in [-0.15, -0.1) is 0 Å². The maximum absolute atomic E-state index is 12.1. The maximum Gasteiger partial charge on any atom is 0.322 e. The second kappa shape index (κ2) is 9.63. The van der Waals surface area contributed by atoms with Crippen LogP contribution in [0.2, 0.25) is 0 Å². The molecule has 8 nitrogen and oxygen atoms in total. The lowest BCUT2D eigenvalue weighted by atomic mass is 10.0. The zero-order valence-corrected chi connectivity index (χ0v) is 14.5. The number of benzene rings is 1. The lowest BCUT2D eigenvalue weighted by Gasteiger charge is -2.22. The van der Waals surface area contributed by atoms with Crippen LogP contribution in [-0.2, 0) is 9.59 Å². The smallest absolute Gasteiger partial charge is 0.322 e. The van der Waals surface area contributed by atoms with E-state index in [2.05, 4.69) is 10.6 Å². The van der Waals surface area contributed by atoms with Gasteiger partial charge in [-0.05, 0) is 30.5 Å². The van der Waals surface area contributed by atoms with E-state index in [0.29, 0.717) is 11.3 Å². The summed E-state index contributed by atoms with van der Waals surface area (Å²) in [7, 11) is 1.47. The van der Waals surface area contributed by atoms with Crippen LogP contribution in [0.1, 0.15) is 30.6 Å². The number of methoxy groups -OCH3 is 1. The largest absolute Gasteiger partial charge is 0.497 e. The highest BCUT2D eigenvalue weighted by Crippen LogP contribution is 2.12. The normalized spacial score (nSPS) is 13.1. The maximum atomic E-state index is 12.1. The van der Waals surface area contributed by atoms with E-state index in [4.69, 9.17) is 4.74 Å². The molecule has 0 aromatic heterocycles. The molecule has 1 amide bonds. The standard InChI is InChI=1S/C17H24N2O6/c1-10(2)7-13(16(21)22)19-14(17(23)24)9-18-15(20)11-5-4-6-12(8-11)25-3/h4-6,8,10,13-14,19H,7,9H2,1-3H3,(H,18,20)(H,21,22)(H,23,24)/t13-,14-/m0/s1. The summed E-state index contributed by atoms with van der Waals surface area (Å²) in [4.78, 5) is 34.8. The van der Waals surface area contributed by atoms with Gasteiger partial charge >= 0.3 is 11.9 Å². The van der Waals surface area contributed by atoms with Gasteiger partial charge in [-0.1, -0.05) is 19.9 Å². The third kappa shape index (κ3) is 6.80. The molecular weight excluding hydrogens is 328 g/mol. The van der Waals surface area contributed by atoms with Crippen LogP contribution < -0.4 is 15.4 Å². The van der Waals surface area contributed by atoms with Gasteiger partial charge < -0.3 is 20.3 Å². The van der Waals surface area contributed by atoms with Gasteiger partial charge in [-0.3, -0.25) is 19.7 Å². The highest BCUT2D eigenvalue weighted by atomic mass is 16.5. The number of carbonyl (C=O) groups is 3. The molecule has 0 radical (unpaired) electrons. The Hall–Kier alpha value is -2.61. The minimum absolute atomic E-state index is 0.0782. The zero-order valence-electron chi connectivity index (χ0n) is 14.5. The van der Waals surface area contributed by atoms with E-state index in [1.807, 2.05) is 13.8 Å². The highest BCUT2D eigenvalue weighted by Gasteiger charge is 2.27. The molecule has 2 atom stereocenters. The first kappa shape index (κ1) is 20.4. The summed E-state index contributed by atoms with van der Waals surface area (Å²) in [6.45, 7) is 3.45. The van der Waals surface area contributed by atoms with Gasteiger partial charge in [0.2, 0.25) is 0 Å². The summed E-state index contributed by atoms with van der Waals surface area (Å²) in [5.74, 6) is -2.25. The number of carbonyl (C=O) groups excluding carboxylic acids is 1. The van der Waals surface area contributed by atoms with Crippen molar-refractivity contribution in [2.24, 2.45) is 5.92 Å². The summed E-state index contributed by atoms with van der Waals surface area (Å²) in [6.07, 6.45) is 0.281. The topological polar surface area (TPSA) is 125 Å². The van der Waals surface area contributed by atoms with E-state index < -0.39 is 29.9 Å². The fraction of sp³-hybridized carbons (Fsp3) is 0.471. The van der Waals surface area contributed by atoms with E-state index in [9.17, 15) is 24.6 Å². The van der Waals surface area contributed by atoms with Crippen LogP contribution in [-0.4, -0.2) is 53.8 Å². The van der Waals surface area contributed by atoms with Crippen LogP contribution >= 0.6 is 0 Å². The van der Waals surface area contributed by atoms with Crippen molar-refractivity contribution in [3.63, 3.8) is 0 Å². The number of rotatable bonds is 10. The second-order valence-corrected chi connectivity index (χ2v) is 6.02. The van der Waals surface area contributed by atoms with E-state index in [0.717, 1.165) is 0 Å². The summed E-state index contributed by atoms with van der Waals surface area (Å²) in [5.41, 5.74) is 0.320. The average molecular weight is 352 g/mol. The van der Waals surface area contributed by atoms with Gasteiger partial charge in [0.15, 0.2) is 0 Å². The van der Waals surface area contributed by atoms with Crippen molar-refractivity contribution < 1.29 is 29.3 Å². The molecule has 0 saturated heterocycles. The molecule has 1 aromatic rings. The van der Waals surface area contributed by atoms with Crippen LogP contribution in [0.5, 0.6) is 5.75 Å². The monoisotopic (exact) mass is 352 g/mol. The molecule has 0 unspecified atom stereocenters. The number of nitrogens with one attached hydrogen (secondary N) is 2. The average Bonchev–Trinajstić information content (AvgIpc) is 2.56. The predicted octanol–water partition coefficient (Wildman–Crippen LogP) is 0.967. The minimum Gasteiger partial charge on any atom is -0.497 e. The van der Waals surface area contributed by atoms with Crippen LogP contribution in [0.3, 0.4) is 0 Å². The van der Waals surface area contributed by atoms with Gasteiger partial charge in [0.1, 0.15) is 17.8 Å². The fourth-order valence-corrected chi connectivity index (χ4v) is 2.23. The number of carboxylic acid groups (broad SMARTS) is 2. The fourth-order valence-electron chi connectivity index (χ4n) is 2.23. The van der Waals surface area contributed by atoms with Crippen LogP contribution in [0, 0.1) is 5.92 Å². The van der Waals surface area contributed by atoms with Crippen LogP contribution in [0.15, 0.2) is 24.3 Å². The van der Waals surface area contributed by atoms with Crippen molar-refractivity contribution in [3.05, 3.63) is 29.8 Å². The first-order chi connectivity index (χ1) is 11.7. The molecule has 1 rings (SSSR count). The number of hydrogen-bond acceptors (Lipinski definition) is 5. The van der Waals surface area contributed by atoms with Crippen molar-refractivity contribution in [1.29, 1.82) is 0 Å². The van der Waals surface area contributed by atoms with Crippen LogP contribution in [0.25, 0.3) is 0 Å². The number of ether oxygens (including phenoxy) is 1. The molecule has 0 fully saturated rings. The van der Waals surface area contributed by atoms with Gasteiger partial charge in [0.25, 0.3) is 5.91 Å². The molecule has 0 saturated carbocycles. The Morgan fingerprint density at radius 3 is 2.28 bits per heavy atom.